The second kappa shape index (κ2) is 4.28. The number of hydrogen-bond acceptors (Lipinski definition) is 3. The summed E-state index contributed by atoms with van der Waals surface area (Å²) in [5, 5.41) is 10.5. The van der Waals surface area contributed by atoms with Gasteiger partial charge in [0.1, 0.15) is 11.3 Å². The smallest absolute Gasteiger partial charge is 0.336 e. The lowest BCUT2D eigenvalue weighted by Crippen LogP contribution is -1.99. The van der Waals surface area contributed by atoms with Crippen molar-refractivity contribution in [3.63, 3.8) is 0 Å². The van der Waals surface area contributed by atoms with Crippen molar-refractivity contribution in [3.05, 3.63) is 64.5 Å². The first-order valence-electron chi connectivity index (χ1n) is 5.98. The maximum Gasteiger partial charge on any atom is 0.336 e. The maximum absolute atomic E-state index is 11.7. The third kappa shape index (κ3) is 1.99. The van der Waals surface area contributed by atoms with Gasteiger partial charge in [-0.15, -0.1) is 0 Å². The van der Waals surface area contributed by atoms with Crippen LogP contribution in [0.3, 0.4) is 0 Å². The van der Waals surface area contributed by atoms with E-state index in [4.69, 9.17) is 4.42 Å². The highest BCUT2D eigenvalue weighted by Crippen LogP contribution is 2.32. The van der Waals surface area contributed by atoms with Gasteiger partial charge >= 0.3 is 5.63 Å². The number of aromatic hydroxyl groups is 1. The molecule has 2 aromatic carbocycles. The lowest BCUT2D eigenvalue weighted by molar-refractivity contribution is 0.472. The molecule has 0 atom stereocenters. The normalized spacial score (nSPS) is 10.8. The first-order chi connectivity index (χ1) is 9.15. The second-order valence-electron chi connectivity index (χ2n) is 4.48. The third-order valence-corrected chi connectivity index (χ3v) is 3.11. The summed E-state index contributed by atoms with van der Waals surface area (Å²) in [5.74, 6) is 0.0957. The Morgan fingerprint density at radius 1 is 1.05 bits per heavy atom. The van der Waals surface area contributed by atoms with E-state index in [1.807, 2.05) is 37.3 Å². The van der Waals surface area contributed by atoms with Crippen LogP contribution in [0.15, 0.2) is 57.7 Å². The van der Waals surface area contributed by atoms with Gasteiger partial charge in [0.2, 0.25) is 0 Å². The average molecular weight is 252 g/mol. The van der Waals surface area contributed by atoms with Crippen LogP contribution >= 0.6 is 0 Å². The highest BCUT2D eigenvalue weighted by atomic mass is 16.4. The van der Waals surface area contributed by atoms with Gasteiger partial charge in [-0.1, -0.05) is 30.3 Å². The number of phenols is 1. The summed E-state index contributed by atoms with van der Waals surface area (Å²) in [5.41, 5.74) is 2.64. The molecule has 1 heterocycles. The first-order valence-corrected chi connectivity index (χ1v) is 5.98. The van der Waals surface area contributed by atoms with Gasteiger partial charge in [-0.05, 0) is 24.1 Å². The van der Waals surface area contributed by atoms with Crippen LogP contribution in [0.1, 0.15) is 5.56 Å². The predicted octanol–water partition coefficient (Wildman–Crippen LogP) is 3.47. The molecule has 3 rings (SSSR count). The fourth-order valence-electron chi connectivity index (χ4n) is 2.34. The zero-order valence-corrected chi connectivity index (χ0v) is 10.4. The Bertz CT molecular complexity index is 801. The minimum absolute atomic E-state index is 0.0957. The molecule has 94 valence electrons. The summed E-state index contributed by atoms with van der Waals surface area (Å²) in [6.07, 6.45) is 0. The van der Waals surface area contributed by atoms with E-state index in [1.54, 1.807) is 6.07 Å². The standard InChI is InChI=1S/C16H12O3/c1-10-7-12(17)8-14-16(10)13(9-15(18)19-14)11-5-3-2-4-6-11/h2-9,17H,1H3. The molecule has 0 unspecified atom stereocenters. The summed E-state index contributed by atoms with van der Waals surface area (Å²) in [4.78, 5) is 11.7. The van der Waals surface area contributed by atoms with E-state index in [9.17, 15) is 9.90 Å². The van der Waals surface area contributed by atoms with Crippen LogP contribution in [0.4, 0.5) is 0 Å². The van der Waals surface area contributed by atoms with Crippen LogP contribution in [0.25, 0.3) is 22.1 Å². The zero-order valence-electron chi connectivity index (χ0n) is 10.4. The van der Waals surface area contributed by atoms with E-state index in [2.05, 4.69) is 0 Å². The number of phenolic OH excluding ortho intramolecular Hbond substituents is 1. The van der Waals surface area contributed by atoms with E-state index in [1.165, 1.54) is 12.1 Å². The van der Waals surface area contributed by atoms with Crippen molar-refractivity contribution >= 4 is 11.0 Å². The molecule has 0 fully saturated rings. The second-order valence-corrected chi connectivity index (χ2v) is 4.48. The molecule has 0 radical (unpaired) electrons. The van der Waals surface area contributed by atoms with Gasteiger partial charge in [0.15, 0.2) is 0 Å². The highest BCUT2D eigenvalue weighted by Gasteiger charge is 2.11. The monoisotopic (exact) mass is 252 g/mol. The molecular formula is C16H12O3. The van der Waals surface area contributed by atoms with Gasteiger partial charge < -0.3 is 9.52 Å². The number of aryl methyl sites for hydroxylation is 1. The van der Waals surface area contributed by atoms with Crippen molar-refractivity contribution in [1.82, 2.24) is 0 Å². The number of hydrogen-bond donors (Lipinski definition) is 1. The van der Waals surface area contributed by atoms with Crippen LogP contribution in [-0.2, 0) is 0 Å². The lowest BCUT2D eigenvalue weighted by Gasteiger charge is -2.08. The number of fused-ring (bicyclic) bond motifs is 1. The SMILES string of the molecule is Cc1cc(O)cc2oc(=O)cc(-c3ccccc3)c12. The molecule has 0 aliphatic heterocycles. The van der Waals surface area contributed by atoms with Crippen LogP contribution in [0.2, 0.25) is 0 Å². The fourth-order valence-corrected chi connectivity index (χ4v) is 2.34. The van der Waals surface area contributed by atoms with E-state index >= 15 is 0 Å². The van der Waals surface area contributed by atoms with Crippen molar-refractivity contribution < 1.29 is 9.52 Å². The topological polar surface area (TPSA) is 50.4 Å². The number of benzene rings is 2. The molecule has 0 amide bonds. The molecule has 1 aromatic heterocycles. The minimum atomic E-state index is -0.420. The van der Waals surface area contributed by atoms with Gasteiger partial charge in [0, 0.05) is 23.1 Å². The van der Waals surface area contributed by atoms with Crippen LogP contribution in [-0.4, -0.2) is 5.11 Å². The summed E-state index contributed by atoms with van der Waals surface area (Å²) in [6, 6.07) is 14.3. The molecule has 0 saturated carbocycles. The molecule has 0 bridgehead atoms. The molecule has 0 aliphatic carbocycles. The van der Waals surface area contributed by atoms with Gasteiger partial charge in [-0.2, -0.15) is 0 Å². The van der Waals surface area contributed by atoms with Crippen molar-refractivity contribution in [1.29, 1.82) is 0 Å². The Kier molecular flexibility index (Phi) is 2.60. The summed E-state index contributed by atoms with van der Waals surface area (Å²) < 4.78 is 5.17. The Morgan fingerprint density at radius 3 is 2.53 bits per heavy atom. The first kappa shape index (κ1) is 11.5. The average Bonchev–Trinajstić information content (AvgIpc) is 2.38. The molecule has 1 N–H and O–H groups in total. The highest BCUT2D eigenvalue weighted by molar-refractivity contribution is 5.96. The zero-order chi connectivity index (χ0) is 13.4. The van der Waals surface area contributed by atoms with Crippen molar-refractivity contribution in [2.45, 2.75) is 6.92 Å². The fraction of sp³-hybridized carbons (Fsp3) is 0.0625. The molecule has 0 spiro atoms. The summed E-state index contributed by atoms with van der Waals surface area (Å²) >= 11 is 0. The van der Waals surface area contributed by atoms with E-state index in [-0.39, 0.29) is 5.75 Å². The van der Waals surface area contributed by atoms with Gasteiger partial charge in [0.05, 0.1) is 0 Å². The molecule has 3 nitrogen and oxygen atoms in total. The molecule has 0 saturated heterocycles. The van der Waals surface area contributed by atoms with Crippen LogP contribution in [0, 0.1) is 6.92 Å². The van der Waals surface area contributed by atoms with E-state index in [0.717, 1.165) is 22.1 Å². The molecule has 3 heteroatoms. The predicted molar refractivity (Wildman–Crippen MR) is 74.3 cm³/mol. The Hall–Kier alpha value is -2.55. The summed E-state index contributed by atoms with van der Waals surface area (Å²) in [6.45, 7) is 1.88. The van der Waals surface area contributed by atoms with Gasteiger partial charge in [-0.25, -0.2) is 4.79 Å². The molecular weight excluding hydrogens is 240 g/mol. The summed E-state index contributed by atoms with van der Waals surface area (Å²) in [7, 11) is 0. The van der Waals surface area contributed by atoms with Crippen LogP contribution < -0.4 is 5.63 Å². The van der Waals surface area contributed by atoms with E-state index < -0.39 is 5.63 Å². The molecule has 0 aliphatic rings. The third-order valence-electron chi connectivity index (χ3n) is 3.11. The quantitative estimate of drug-likeness (QED) is 0.674. The lowest BCUT2D eigenvalue weighted by atomic mass is 9.99. The van der Waals surface area contributed by atoms with Crippen molar-refractivity contribution in [2.75, 3.05) is 0 Å². The van der Waals surface area contributed by atoms with Crippen molar-refractivity contribution in [2.24, 2.45) is 0 Å². The Balaban J connectivity index is 2.45. The van der Waals surface area contributed by atoms with E-state index in [0.29, 0.717) is 5.58 Å². The number of rotatable bonds is 1. The Labute approximate surface area is 109 Å². The largest absolute Gasteiger partial charge is 0.508 e. The van der Waals surface area contributed by atoms with Gasteiger partial charge in [0.25, 0.3) is 0 Å². The van der Waals surface area contributed by atoms with Crippen LogP contribution in [0.5, 0.6) is 5.75 Å². The minimum Gasteiger partial charge on any atom is -0.508 e. The Morgan fingerprint density at radius 2 is 1.79 bits per heavy atom. The maximum atomic E-state index is 11.7. The van der Waals surface area contributed by atoms with Gasteiger partial charge in [-0.3, -0.25) is 0 Å². The molecule has 3 aromatic rings. The van der Waals surface area contributed by atoms with Crippen molar-refractivity contribution in [3.8, 4) is 16.9 Å². The molecule has 19 heavy (non-hydrogen) atoms.